The number of aryl methyl sites for hydroxylation is 2. The van der Waals surface area contributed by atoms with Crippen LogP contribution in [0.3, 0.4) is 0 Å². The third-order valence-electron chi connectivity index (χ3n) is 9.91. The van der Waals surface area contributed by atoms with E-state index in [1.807, 2.05) is 13.0 Å². The third kappa shape index (κ3) is 7.44. The molecule has 0 spiro atoms. The number of esters is 3. The predicted molar refractivity (Wildman–Crippen MR) is 196 cm³/mol. The molecule has 2 atom stereocenters. The number of H-pyrrole nitrogens is 2. The first-order valence-corrected chi connectivity index (χ1v) is 17.3. The van der Waals surface area contributed by atoms with Crippen molar-refractivity contribution in [2.45, 2.75) is 99.5 Å². The van der Waals surface area contributed by atoms with E-state index < -0.39 is 0 Å². The molecule has 0 aliphatic carbocycles. The van der Waals surface area contributed by atoms with E-state index in [1.54, 1.807) is 0 Å². The van der Waals surface area contributed by atoms with Crippen molar-refractivity contribution in [2.24, 2.45) is 0 Å². The minimum absolute atomic E-state index is 0.0105. The Morgan fingerprint density at radius 2 is 1.50 bits per heavy atom. The average molecular weight is 681 g/mol. The number of aromatic amines is 2. The van der Waals surface area contributed by atoms with Gasteiger partial charge in [-0.2, -0.15) is 0 Å². The van der Waals surface area contributed by atoms with Crippen molar-refractivity contribution in [3.63, 3.8) is 0 Å². The molecule has 0 saturated carbocycles. The van der Waals surface area contributed by atoms with Crippen molar-refractivity contribution in [3.8, 4) is 0 Å². The van der Waals surface area contributed by atoms with Gasteiger partial charge < -0.3 is 24.2 Å². The van der Waals surface area contributed by atoms with Crippen molar-refractivity contribution in [1.82, 2.24) is 19.9 Å². The number of allylic oxidation sites excluding steroid dienone is 2. The zero-order valence-corrected chi connectivity index (χ0v) is 30.5. The minimum atomic E-state index is -0.386. The normalized spacial score (nSPS) is 15.6. The van der Waals surface area contributed by atoms with Crippen LogP contribution < -0.4 is 0 Å². The van der Waals surface area contributed by atoms with Crippen molar-refractivity contribution >= 4 is 57.2 Å². The second kappa shape index (κ2) is 15.3. The van der Waals surface area contributed by atoms with Gasteiger partial charge in [0.1, 0.15) is 6.61 Å². The van der Waals surface area contributed by atoms with Gasteiger partial charge in [0.15, 0.2) is 0 Å². The van der Waals surface area contributed by atoms with Crippen molar-refractivity contribution in [1.29, 1.82) is 0 Å². The molecule has 3 aromatic heterocycles. The van der Waals surface area contributed by atoms with Crippen LogP contribution in [0.1, 0.15) is 123 Å². The van der Waals surface area contributed by atoms with Gasteiger partial charge in [-0.1, -0.05) is 26.5 Å². The van der Waals surface area contributed by atoms with Gasteiger partial charge in [-0.05, 0) is 80.5 Å². The van der Waals surface area contributed by atoms with E-state index >= 15 is 0 Å². The highest BCUT2D eigenvalue weighted by molar-refractivity contribution is 5.93. The van der Waals surface area contributed by atoms with Crippen LogP contribution in [0.4, 0.5) is 0 Å². The van der Waals surface area contributed by atoms with E-state index in [0.29, 0.717) is 25.9 Å². The monoisotopic (exact) mass is 680 g/mol. The lowest BCUT2D eigenvalue weighted by Gasteiger charge is -2.18. The number of ether oxygens (including phenoxy) is 3. The summed E-state index contributed by atoms with van der Waals surface area (Å²) in [5, 5.41) is 0. The molecule has 0 fully saturated rings. The Morgan fingerprint density at radius 1 is 0.840 bits per heavy atom. The maximum absolute atomic E-state index is 12.1. The first kappa shape index (κ1) is 36.3. The van der Waals surface area contributed by atoms with Gasteiger partial charge >= 0.3 is 17.9 Å². The molecule has 2 aliphatic rings. The molecule has 0 saturated heterocycles. The summed E-state index contributed by atoms with van der Waals surface area (Å²) in [5.74, 6) is -1.10. The number of fused-ring (bicyclic) bond motifs is 8. The van der Waals surface area contributed by atoms with Crippen LogP contribution in [0.15, 0.2) is 24.8 Å². The SMILES string of the molecule is C=Cc1c(C)c2cc3nc(c(CCOC(C)=O)c4[nH]c(cc5nc(cc1[nH]2)C(C)=C5CC)c(C)c4COC(C)=O)[C@@H](CCCOC(C)=O)[C@@H]3C. The smallest absolute Gasteiger partial charge is 0.302 e. The number of rotatable bonds is 11. The molecule has 264 valence electrons. The summed E-state index contributed by atoms with van der Waals surface area (Å²) in [4.78, 5) is 53.4. The Hall–Kier alpha value is -4.99. The predicted octanol–water partition coefficient (Wildman–Crippen LogP) is 8.31. The fourth-order valence-electron chi connectivity index (χ4n) is 7.15. The number of nitrogens with one attached hydrogen (secondary N) is 2. The largest absolute Gasteiger partial charge is 0.466 e. The molecular formula is C40H48N4O6. The Labute approximate surface area is 293 Å². The molecule has 0 amide bonds. The maximum Gasteiger partial charge on any atom is 0.302 e. The van der Waals surface area contributed by atoms with E-state index in [2.05, 4.69) is 62.4 Å². The molecule has 2 aliphatic heterocycles. The van der Waals surface area contributed by atoms with Crippen LogP contribution in [0.5, 0.6) is 0 Å². The Balaban J connectivity index is 1.93. The fraction of sp³-hybridized carbons (Fsp3) is 0.425. The van der Waals surface area contributed by atoms with Gasteiger partial charge in [-0.3, -0.25) is 19.4 Å². The molecule has 10 nitrogen and oxygen atoms in total. The van der Waals surface area contributed by atoms with Crippen LogP contribution in [0.2, 0.25) is 0 Å². The van der Waals surface area contributed by atoms with E-state index in [9.17, 15) is 14.4 Å². The number of hydrogen-bond acceptors (Lipinski definition) is 8. The molecule has 5 heterocycles. The lowest BCUT2D eigenvalue weighted by molar-refractivity contribution is -0.142. The molecule has 3 aromatic rings. The highest BCUT2D eigenvalue weighted by atomic mass is 16.5. The second-order valence-electron chi connectivity index (χ2n) is 13.1. The van der Waals surface area contributed by atoms with Crippen LogP contribution >= 0.6 is 0 Å². The lowest BCUT2D eigenvalue weighted by atomic mass is 9.85. The van der Waals surface area contributed by atoms with Gasteiger partial charge in [-0.15, -0.1) is 0 Å². The number of nitrogens with zero attached hydrogens (tertiary/aromatic N) is 2. The summed E-state index contributed by atoms with van der Waals surface area (Å²) >= 11 is 0. The quantitative estimate of drug-likeness (QED) is 0.117. The number of aromatic nitrogens is 4. The van der Waals surface area contributed by atoms with Gasteiger partial charge in [0, 0.05) is 83.7 Å². The maximum atomic E-state index is 12.1. The van der Waals surface area contributed by atoms with E-state index in [4.69, 9.17) is 24.2 Å². The molecule has 5 rings (SSSR count). The standard InChI is InChI=1S/C40H48N4O6/c1-10-28-21(3)33-17-35-23(5)30(13-12-15-48-25(7)45)39(43-35)31(14-16-49-26(8)46)40-32(20-50-27(9)47)24(6)36(44-40)19-38-29(11-2)22(4)34(42-38)18-37(28)41-33/h10,17-19,23,30,41,44H,1,11-16,20H2,2-9H3/t23-,30-/m0/s1. The molecule has 0 radical (unpaired) electrons. The number of carbonyl (C=O) groups excluding carboxylic acids is 3. The molecule has 10 heteroatoms. The molecule has 8 bridgehead atoms. The summed E-state index contributed by atoms with van der Waals surface area (Å²) in [6.07, 6.45) is 4.40. The lowest BCUT2D eigenvalue weighted by Crippen LogP contribution is -2.11. The zero-order valence-electron chi connectivity index (χ0n) is 30.5. The molecule has 0 aromatic carbocycles. The molecular weight excluding hydrogens is 632 g/mol. The summed E-state index contributed by atoms with van der Waals surface area (Å²) in [6.45, 7) is 19.3. The molecule has 2 N–H and O–H groups in total. The Kier molecular flexibility index (Phi) is 11.1. The zero-order chi connectivity index (χ0) is 36.3. The Morgan fingerprint density at radius 3 is 2.16 bits per heavy atom. The molecule has 50 heavy (non-hydrogen) atoms. The topological polar surface area (TPSA) is 136 Å². The number of carbonyl (C=O) groups is 3. The first-order valence-electron chi connectivity index (χ1n) is 17.3. The third-order valence-corrected chi connectivity index (χ3v) is 9.91. The van der Waals surface area contributed by atoms with Gasteiger partial charge in [0.2, 0.25) is 0 Å². The average Bonchev–Trinajstić information content (AvgIpc) is 3.73. The van der Waals surface area contributed by atoms with E-state index in [-0.39, 0.29) is 43.0 Å². The van der Waals surface area contributed by atoms with Crippen LogP contribution in [0, 0.1) is 13.8 Å². The molecule has 0 unspecified atom stereocenters. The second-order valence-corrected chi connectivity index (χ2v) is 13.1. The summed E-state index contributed by atoms with van der Waals surface area (Å²) < 4.78 is 16.4. The summed E-state index contributed by atoms with van der Waals surface area (Å²) in [7, 11) is 0. The summed E-state index contributed by atoms with van der Waals surface area (Å²) in [5.41, 5.74) is 13.9. The van der Waals surface area contributed by atoms with Crippen LogP contribution in [0.25, 0.3) is 39.3 Å². The number of hydrogen-bond donors (Lipinski definition) is 2. The van der Waals surface area contributed by atoms with E-state index in [0.717, 1.165) is 90.2 Å². The fourth-order valence-corrected chi connectivity index (χ4v) is 7.15. The van der Waals surface area contributed by atoms with E-state index in [1.165, 1.54) is 20.8 Å². The van der Waals surface area contributed by atoms with Gasteiger partial charge in [0.25, 0.3) is 0 Å². The van der Waals surface area contributed by atoms with Crippen molar-refractivity contribution in [3.05, 3.63) is 75.4 Å². The first-order chi connectivity index (χ1) is 23.8. The van der Waals surface area contributed by atoms with Crippen LogP contribution in [-0.2, 0) is 41.6 Å². The highest BCUT2D eigenvalue weighted by Crippen LogP contribution is 2.43. The minimum Gasteiger partial charge on any atom is -0.466 e. The van der Waals surface area contributed by atoms with Gasteiger partial charge in [-0.25, -0.2) is 4.98 Å². The van der Waals surface area contributed by atoms with Crippen LogP contribution in [-0.4, -0.2) is 51.1 Å². The van der Waals surface area contributed by atoms with Crippen molar-refractivity contribution < 1.29 is 28.6 Å². The summed E-state index contributed by atoms with van der Waals surface area (Å²) in [6, 6.07) is 6.27. The van der Waals surface area contributed by atoms with Gasteiger partial charge in [0.05, 0.1) is 30.1 Å². The highest BCUT2D eigenvalue weighted by Gasteiger charge is 2.32. The Bertz CT molecular complexity index is 2050. The van der Waals surface area contributed by atoms with Crippen molar-refractivity contribution in [2.75, 3.05) is 13.2 Å².